The molecule has 0 aliphatic carbocycles. The Kier molecular flexibility index (Phi) is 6.41. The monoisotopic (exact) mass is 453 g/mol. The molecule has 0 unspecified atom stereocenters. The van der Waals surface area contributed by atoms with E-state index in [1.54, 1.807) is 6.20 Å². The van der Waals surface area contributed by atoms with Crippen molar-refractivity contribution in [2.24, 2.45) is 0 Å². The Labute approximate surface area is 200 Å². The number of rotatable bonds is 5. The summed E-state index contributed by atoms with van der Waals surface area (Å²) in [4.78, 5) is 23.2. The van der Waals surface area contributed by atoms with Gasteiger partial charge in [0.05, 0.1) is 22.8 Å². The number of pyridine rings is 1. The number of nitrogens with zero attached hydrogens (tertiary/aromatic N) is 5. The van der Waals surface area contributed by atoms with Crippen LogP contribution < -0.4 is 0 Å². The van der Waals surface area contributed by atoms with Crippen molar-refractivity contribution in [2.45, 2.75) is 32.9 Å². The fourth-order valence-corrected chi connectivity index (χ4v) is 4.67. The molecule has 4 aromatic rings. The van der Waals surface area contributed by atoms with E-state index in [9.17, 15) is 4.79 Å². The Bertz CT molecular complexity index is 1270. The number of carbonyl (C=O) groups excluding carboxylic acids is 1. The summed E-state index contributed by atoms with van der Waals surface area (Å²) >= 11 is 0. The van der Waals surface area contributed by atoms with Gasteiger partial charge in [0.2, 0.25) is 0 Å². The lowest BCUT2D eigenvalue weighted by molar-refractivity contribution is 0.0763. The highest BCUT2D eigenvalue weighted by Crippen LogP contribution is 2.27. The molecule has 174 valence electrons. The van der Waals surface area contributed by atoms with Crippen molar-refractivity contribution in [1.82, 2.24) is 24.6 Å². The van der Waals surface area contributed by atoms with Crippen LogP contribution in [-0.2, 0) is 6.54 Å². The van der Waals surface area contributed by atoms with Crippen molar-refractivity contribution >= 4 is 16.9 Å². The Balaban J connectivity index is 1.44. The highest BCUT2D eigenvalue weighted by atomic mass is 16.2. The molecular formula is C28H31N5O. The highest BCUT2D eigenvalue weighted by Gasteiger charge is 2.24. The highest BCUT2D eigenvalue weighted by molar-refractivity contribution is 6.06. The molecule has 3 heterocycles. The topological polar surface area (TPSA) is 54.3 Å². The van der Waals surface area contributed by atoms with Crippen LogP contribution in [0.5, 0.6) is 0 Å². The second-order valence-corrected chi connectivity index (χ2v) is 9.25. The number of hydrogen-bond acceptors (Lipinski definition) is 4. The third-order valence-corrected chi connectivity index (χ3v) is 6.48. The van der Waals surface area contributed by atoms with Gasteiger partial charge in [0.1, 0.15) is 0 Å². The minimum absolute atomic E-state index is 0.0643. The third-order valence-electron chi connectivity index (χ3n) is 6.48. The van der Waals surface area contributed by atoms with Crippen molar-refractivity contribution in [3.05, 3.63) is 84.1 Å². The largest absolute Gasteiger partial charge is 0.337 e. The van der Waals surface area contributed by atoms with Gasteiger partial charge in [-0.1, -0.05) is 60.7 Å². The minimum Gasteiger partial charge on any atom is -0.337 e. The first-order chi connectivity index (χ1) is 16.6. The van der Waals surface area contributed by atoms with Crippen LogP contribution in [0.2, 0.25) is 0 Å². The Hall–Kier alpha value is -3.51. The van der Waals surface area contributed by atoms with Gasteiger partial charge < -0.3 is 4.90 Å². The molecule has 1 amide bonds. The van der Waals surface area contributed by atoms with Crippen LogP contribution in [0.15, 0.2) is 72.9 Å². The molecule has 6 nitrogen and oxygen atoms in total. The Morgan fingerprint density at radius 3 is 2.41 bits per heavy atom. The quantitative estimate of drug-likeness (QED) is 0.425. The van der Waals surface area contributed by atoms with Crippen molar-refractivity contribution in [1.29, 1.82) is 0 Å². The maximum atomic E-state index is 13.8. The van der Waals surface area contributed by atoms with Crippen molar-refractivity contribution in [3.63, 3.8) is 0 Å². The average Bonchev–Trinajstić information content (AvgIpc) is 3.17. The van der Waals surface area contributed by atoms with Crippen LogP contribution in [0.4, 0.5) is 0 Å². The molecule has 34 heavy (non-hydrogen) atoms. The van der Waals surface area contributed by atoms with Crippen LogP contribution in [0.1, 0.15) is 42.2 Å². The molecule has 0 radical (unpaired) electrons. The zero-order valence-electron chi connectivity index (χ0n) is 19.9. The average molecular weight is 454 g/mol. The number of carbonyl (C=O) groups is 1. The molecule has 6 heteroatoms. The zero-order valence-corrected chi connectivity index (χ0v) is 19.9. The van der Waals surface area contributed by atoms with E-state index < -0.39 is 0 Å². The molecule has 1 saturated heterocycles. The lowest BCUT2D eigenvalue weighted by Crippen LogP contribution is -2.35. The first-order valence-corrected chi connectivity index (χ1v) is 12.1. The van der Waals surface area contributed by atoms with Gasteiger partial charge in [0, 0.05) is 44.3 Å². The summed E-state index contributed by atoms with van der Waals surface area (Å²) < 4.78 is 1.91. The van der Waals surface area contributed by atoms with Crippen LogP contribution in [0.3, 0.4) is 0 Å². The van der Waals surface area contributed by atoms with Crippen molar-refractivity contribution < 1.29 is 4.79 Å². The molecule has 0 atom stereocenters. The summed E-state index contributed by atoms with van der Waals surface area (Å²) in [6.45, 7) is 8.42. The molecule has 0 spiro atoms. The molecule has 0 saturated carbocycles. The fraction of sp³-hybridized carbons (Fsp3) is 0.321. The molecule has 1 aliphatic rings. The van der Waals surface area contributed by atoms with Gasteiger partial charge >= 0.3 is 0 Å². The molecule has 1 aliphatic heterocycles. The van der Waals surface area contributed by atoms with Gasteiger partial charge in [-0.05, 0) is 31.9 Å². The maximum absolute atomic E-state index is 13.8. The second kappa shape index (κ2) is 9.77. The minimum atomic E-state index is 0.0643. The first-order valence-electron chi connectivity index (χ1n) is 12.1. The van der Waals surface area contributed by atoms with E-state index in [1.165, 1.54) is 5.56 Å². The van der Waals surface area contributed by atoms with E-state index in [-0.39, 0.29) is 11.9 Å². The molecule has 0 bridgehead atoms. The maximum Gasteiger partial charge on any atom is 0.254 e. The van der Waals surface area contributed by atoms with Gasteiger partial charge in [0.25, 0.3) is 5.91 Å². The molecule has 2 aromatic heterocycles. The second-order valence-electron chi connectivity index (χ2n) is 9.25. The Morgan fingerprint density at radius 1 is 0.941 bits per heavy atom. The molecule has 5 rings (SSSR count). The summed E-state index contributed by atoms with van der Waals surface area (Å²) in [5.74, 6) is 0.0643. The van der Waals surface area contributed by atoms with Gasteiger partial charge in [0.15, 0.2) is 5.65 Å². The van der Waals surface area contributed by atoms with E-state index in [0.717, 1.165) is 54.9 Å². The van der Waals surface area contributed by atoms with Crippen LogP contribution >= 0.6 is 0 Å². The summed E-state index contributed by atoms with van der Waals surface area (Å²) in [5.41, 5.74) is 4.57. The normalized spacial score (nSPS) is 15.1. The third kappa shape index (κ3) is 4.59. The molecule has 2 aromatic carbocycles. The van der Waals surface area contributed by atoms with Crippen molar-refractivity contribution in [2.75, 3.05) is 26.2 Å². The summed E-state index contributed by atoms with van der Waals surface area (Å²) in [7, 11) is 0. The van der Waals surface area contributed by atoms with E-state index in [1.807, 2.05) is 52.0 Å². The molecule has 0 N–H and O–H groups in total. The van der Waals surface area contributed by atoms with Gasteiger partial charge in [-0.2, -0.15) is 5.10 Å². The van der Waals surface area contributed by atoms with E-state index in [0.29, 0.717) is 12.1 Å². The number of aromatic nitrogens is 3. The van der Waals surface area contributed by atoms with Crippen molar-refractivity contribution in [3.8, 4) is 11.3 Å². The fourth-order valence-electron chi connectivity index (χ4n) is 4.67. The standard InChI is InChI=1S/C28H31N5O/c1-21(2)33-27-25(19-29-33)24(18-26(30-27)23-12-7-4-8-13-23)28(34)32-15-9-14-31(16-17-32)20-22-10-5-3-6-11-22/h3-8,10-13,18-19,21H,9,14-17,20H2,1-2H3. The summed E-state index contributed by atoms with van der Waals surface area (Å²) in [5, 5.41) is 5.39. The molecular weight excluding hydrogens is 422 g/mol. The predicted octanol–water partition coefficient (Wildman–Crippen LogP) is 5.03. The summed E-state index contributed by atoms with van der Waals surface area (Å²) in [6.07, 6.45) is 2.76. The van der Waals surface area contributed by atoms with E-state index in [4.69, 9.17) is 4.98 Å². The number of fused-ring (bicyclic) bond motifs is 1. The van der Waals surface area contributed by atoms with Gasteiger partial charge in [-0.15, -0.1) is 0 Å². The number of hydrogen-bond donors (Lipinski definition) is 0. The van der Waals surface area contributed by atoms with Crippen LogP contribution in [-0.4, -0.2) is 56.7 Å². The number of benzene rings is 2. The lowest BCUT2D eigenvalue weighted by atomic mass is 10.1. The zero-order chi connectivity index (χ0) is 23.5. The Morgan fingerprint density at radius 2 is 1.68 bits per heavy atom. The van der Waals surface area contributed by atoms with E-state index >= 15 is 0 Å². The van der Waals surface area contributed by atoms with E-state index in [2.05, 4.69) is 48.1 Å². The van der Waals surface area contributed by atoms with Crippen LogP contribution in [0.25, 0.3) is 22.3 Å². The van der Waals surface area contributed by atoms with Crippen LogP contribution in [0, 0.1) is 0 Å². The van der Waals surface area contributed by atoms with Gasteiger partial charge in [-0.3, -0.25) is 9.69 Å². The number of amides is 1. The molecule has 1 fully saturated rings. The lowest BCUT2D eigenvalue weighted by Gasteiger charge is -2.22. The smallest absolute Gasteiger partial charge is 0.254 e. The van der Waals surface area contributed by atoms with Gasteiger partial charge in [-0.25, -0.2) is 9.67 Å². The summed E-state index contributed by atoms with van der Waals surface area (Å²) in [6, 6.07) is 22.7. The SMILES string of the molecule is CC(C)n1ncc2c(C(=O)N3CCCN(Cc4ccccc4)CC3)cc(-c3ccccc3)nc21. The first kappa shape index (κ1) is 22.3. The predicted molar refractivity (Wildman–Crippen MR) is 136 cm³/mol.